The van der Waals surface area contributed by atoms with Gasteiger partial charge in [0.25, 0.3) is 0 Å². The third-order valence-corrected chi connectivity index (χ3v) is 1.92. The maximum absolute atomic E-state index is 11.1. The molecule has 0 aliphatic carbocycles. The molecule has 0 saturated carbocycles. The molecule has 2 atom stereocenters. The minimum atomic E-state index is -0.100. The van der Waals surface area contributed by atoms with Crippen LogP contribution in [0.3, 0.4) is 0 Å². The molecule has 0 spiro atoms. The fraction of sp³-hybridized carbons (Fsp3) is 0.875. The standard InChI is InChI=1S/C8H15NO2.ClH/c1-3-11-8(10)7-4-6(2)5-9-7;/h6-7,9H,3-5H2,1-2H3;1H/t6-,7+;/m0./s1. The molecule has 0 amide bonds. The van der Waals surface area contributed by atoms with E-state index in [0.717, 1.165) is 13.0 Å². The molecule has 0 aromatic rings. The van der Waals surface area contributed by atoms with Crippen molar-refractivity contribution < 1.29 is 9.53 Å². The number of hydrogen-bond donors (Lipinski definition) is 1. The summed E-state index contributed by atoms with van der Waals surface area (Å²) in [4.78, 5) is 11.1. The van der Waals surface area contributed by atoms with E-state index in [9.17, 15) is 4.79 Å². The van der Waals surface area contributed by atoms with Crippen molar-refractivity contribution in [2.75, 3.05) is 13.2 Å². The molecule has 0 bridgehead atoms. The van der Waals surface area contributed by atoms with Gasteiger partial charge < -0.3 is 10.1 Å². The molecule has 0 radical (unpaired) electrons. The largest absolute Gasteiger partial charge is 0.465 e. The van der Waals surface area contributed by atoms with E-state index in [1.165, 1.54) is 0 Å². The number of hydrogen-bond acceptors (Lipinski definition) is 3. The van der Waals surface area contributed by atoms with Crippen LogP contribution < -0.4 is 5.32 Å². The summed E-state index contributed by atoms with van der Waals surface area (Å²) in [6, 6.07) is -0.0510. The third kappa shape index (κ3) is 2.99. The normalized spacial score (nSPS) is 27.8. The summed E-state index contributed by atoms with van der Waals surface area (Å²) < 4.78 is 4.87. The lowest BCUT2D eigenvalue weighted by Gasteiger charge is -2.07. The lowest BCUT2D eigenvalue weighted by molar-refractivity contribution is -0.145. The van der Waals surface area contributed by atoms with Crippen molar-refractivity contribution >= 4 is 18.4 Å². The summed E-state index contributed by atoms with van der Waals surface area (Å²) in [5, 5.41) is 3.12. The molecule has 1 fully saturated rings. The molecule has 1 aliphatic rings. The van der Waals surface area contributed by atoms with E-state index in [2.05, 4.69) is 12.2 Å². The van der Waals surface area contributed by atoms with Crippen molar-refractivity contribution in [2.45, 2.75) is 26.3 Å². The van der Waals surface area contributed by atoms with Gasteiger partial charge in [-0.2, -0.15) is 0 Å². The first kappa shape index (κ1) is 11.7. The van der Waals surface area contributed by atoms with Crippen LogP contribution in [0.5, 0.6) is 0 Å². The average molecular weight is 194 g/mol. The van der Waals surface area contributed by atoms with E-state index < -0.39 is 0 Å². The summed E-state index contributed by atoms with van der Waals surface area (Å²) in [5.74, 6) is 0.501. The Balaban J connectivity index is 0.00000121. The Hall–Kier alpha value is -0.280. The van der Waals surface area contributed by atoms with Crippen LogP contribution in [0.25, 0.3) is 0 Å². The van der Waals surface area contributed by atoms with Crippen molar-refractivity contribution in [3.63, 3.8) is 0 Å². The van der Waals surface area contributed by atoms with E-state index in [1.54, 1.807) is 0 Å². The molecule has 0 unspecified atom stereocenters. The van der Waals surface area contributed by atoms with Crippen molar-refractivity contribution in [3.05, 3.63) is 0 Å². The Morgan fingerprint density at radius 1 is 1.67 bits per heavy atom. The van der Waals surface area contributed by atoms with Gasteiger partial charge in [0, 0.05) is 0 Å². The highest BCUT2D eigenvalue weighted by Gasteiger charge is 2.27. The van der Waals surface area contributed by atoms with E-state index in [0.29, 0.717) is 12.5 Å². The van der Waals surface area contributed by atoms with Gasteiger partial charge in [0.1, 0.15) is 6.04 Å². The monoisotopic (exact) mass is 193 g/mol. The van der Waals surface area contributed by atoms with Gasteiger partial charge in [-0.15, -0.1) is 12.4 Å². The number of halogens is 1. The number of nitrogens with one attached hydrogen (secondary N) is 1. The fourth-order valence-electron chi connectivity index (χ4n) is 1.33. The lowest BCUT2D eigenvalue weighted by atomic mass is 10.1. The molecular weight excluding hydrogens is 178 g/mol. The first-order valence-electron chi connectivity index (χ1n) is 4.14. The molecule has 1 aliphatic heterocycles. The quantitative estimate of drug-likeness (QED) is 0.665. The van der Waals surface area contributed by atoms with E-state index in [4.69, 9.17) is 4.74 Å². The van der Waals surface area contributed by atoms with Gasteiger partial charge in [-0.1, -0.05) is 6.92 Å². The smallest absolute Gasteiger partial charge is 0.323 e. The minimum absolute atomic E-state index is 0. The number of rotatable bonds is 2. The van der Waals surface area contributed by atoms with Crippen LogP contribution in [0.15, 0.2) is 0 Å². The highest BCUT2D eigenvalue weighted by Crippen LogP contribution is 2.13. The first-order chi connectivity index (χ1) is 5.24. The Kier molecular flexibility index (Phi) is 5.25. The maximum atomic E-state index is 11.1. The lowest BCUT2D eigenvalue weighted by Crippen LogP contribution is -2.32. The molecule has 0 aromatic heterocycles. The average Bonchev–Trinajstić information content (AvgIpc) is 2.36. The zero-order valence-corrected chi connectivity index (χ0v) is 8.32. The SMILES string of the molecule is CCOC(=O)[C@H]1C[C@H](C)CN1.Cl. The molecule has 1 N–H and O–H groups in total. The summed E-state index contributed by atoms with van der Waals surface area (Å²) in [5.41, 5.74) is 0. The molecule has 12 heavy (non-hydrogen) atoms. The highest BCUT2D eigenvalue weighted by atomic mass is 35.5. The summed E-state index contributed by atoms with van der Waals surface area (Å²) in [6.45, 7) is 5.37. The Bertz CT molecular complexity index is 152. The molecule has 0 aromatic carbocycles. The Labute approximate surface area is 79.3 Å². The van der Waals surface area contributed by atoms with Crippen molar-refractivity contribution in [1.82, 2.24) is 5.32 Å². The van der Waals surface area contributed by atoms with E-state index in [-0.39, 0.29) is 24.4 Å². The van der Waals surface area contributed by atoms with Gasteiger partial charge in [-0.3, -0.25) is 4.79 Å². The van der Waals surface area contributed by atoms with Crippen molar-refractivity contribution in [1.29, 1.82) is 0 Å². The van der Waals surface area contributed by atoms with Crippen LogP contribution in [0.4, 0.5) is 0 Å². The van der Waals surface area contributed by atoms with E-state index >= 15 is 0 Å². The van der Waals surface area contributed by atoms with Crippen LogP contribution in [0.1, 0.15) is 20.3 Å². The molecule has 1 heterocycles. The predicted octanol–water partition coefficient (Wildman–Crippen LogP) is 0.969. The zero-order valence-electron chi connectivity index (χ0n) is 7.50. The molecule has 72 valence electrons. The zero-order chi connectivity index (χ0) is 8.27. The number of ether oxygens (including phenoxy) is 1. The summed E-state index contributed by atoms with van der Waals surface area (Å²) in [6.07, 6.45) is 0.916. The molecular formula is C8H16ClNO2. The van der Waals surface area contributed by atoms with Gasteiger partial charge in [0.2, 0.25) is 0 Å². The second-order valence-corrected chi connectivity index (χ2v) is 3.05. The second kappa shape index (κ2) is 5.38. The molecule has 1 rings (SSSR count). The van der Waals surface area contributed by atoms with Gasteiger partial charge in [-0.25, -0.2) is 0 Å². The third-order valence-electron chi connectivity index (χ3n) is 1.92. The van der Waals surface area contributed by atoms with Crippen LogP contribution in [0.2, 0.25) is 0 Å². The molecule has 1 saturated heterocycles. The highest BCUT2D eigenvalue weighted by molar-refractivity contribution is 5.85. The van der Waals surface area contributed by atoms with Gasteiger partial charge in [-0.05, 0) is 25.8 Å². The minimum Gasteiger partial charge on any atom is -0.465 e. The first-order valence-corrected chi connectivity index (χ1v) is 4.14. The van der Waals surface area contributed by atoms with Crippen molar-refractivity contribution in [3.8, 4) is 0 Å². The summed E-state index contributed by atoms with van der Waals surface area (Å²) in [7, 11) is 0. The van der Waals surface area contributed by atoms with Crippen LogP contribution >= 0.6 is 12.4 Å². The topological polar surface area (TPSA) is 38.3 Å². The molecule has 4 heteroatoms. The molecule has 3 nitrogen and oxygen atoms in total. The van der Waals surface area contributed by atoms with Gasteiger partial charge >= 0.3 is 5.97 Å². The van der Waals surface area contributed by atoms with Crippen LogP contribution in [0, 0.1) is 5.92 Å². The van der Waals surface area contributed by atoms with Gasteiger partial charge in [0.05, 0.1) is 6.61 Å². The van der Waals surface area contributed by atoms with Crippen LogP contribution in [-0.4, -0.2) is 25.2 Å². The predicted molar refractivity (Wildman–Crippen MR) is 49.5 cm³/mol. The van der Waals surface area contributed by atoms with Gasteiger partial charge in [0.15, 0.2) is 0 Å². The summed E-state index contributed by atoms with van der Waals surface area (Å²) >= 11 is 0. The number of esters is 1. The maximum Gasteiger partial charge on any atom is 0.323 e. The Morgan fingerprint density at radius 2 is 2.33 bits per heavy atom. The van der Waals surface area contributed by atoms with Crippen LogP contribution in [-0.2, 0) is 9.53 Å². The van der Waals surface area contributed by atoms with Crippen molar-refractivity contribution in [2.24, 2.45) is 5.92 Å². The number of carbonyl (C=O) groups excluding carboxylic acids is 1. The van der Waals surface area contributed by atoms with E-state index in [1.807, 2.05) is 6.92 Å². The number of carbonyl (C=O) groups is 1. The fourth-order valence-corrected chi connectivity index (χ4v) is 1.33. The second-order valence-electron chi connectivity index (χ2n) is 3.05. The Morgan fingerprint density at radius 3 is 2.75 bits per heavy atom.